The van der Waals surface area contributed by atoms with Gasteiger partial charge >= 0.3 is 0 Å². The summed E-state index contributed by atoms with van der Waals surface area (Å²) < 4.78 is 1.33. The van der Waals surface area contributed by atoms with Crippen molar-refractivity contribution in [3.63, 3.8) is 0 Å². The van der Waals surface area contributed by atoms with Gasteiger partial charge in [-0.15, -0.1) is 11.3 Å². The molecule has 0 bridgehead atoms. The zero-order valence-corrected chi connectivity index (χ0v) is 11.0. The molecule has 1 saturated heterocycles. The summed E-state index contributed by atoms with van der Waals surface area (Å²) in [6.45, 7) is 3.27. The minimum absolute atomic E-state index is 0.649. The molecule has 1 aliphatic rings. The molecular formula is C14H18N2S. The molecule has 0 saturated carbocycles. The summed E-state index contributed by atoms with van der Waals surface area (Å²) in [6.07, 6.45) is 5.13. The number of hydrogen-bond donors (Lipinski definition) is 1. The second-order valence-corrected chi connectivity index (χ2v) is 6.08. The van der Waals surface area contributed by atoms with Gasteiger partial charge in [0.25, 0.3) is 0 Å². The van der Waals surface area contributed by atoms with Gasteiger partial charge in [0.2, 0.25) is 0 Å². The van der Waals surface area contributed by atoms with E-state index in [2.05, 4.69) is 35.4 Å². The highest BCUT2D eigenvalue weighted by Crippen LogP contribution is 2.26. The van der Waals surface area contributed by atoms with E-state index in [-0.39, 0.29) is 0 Å². The number of hydrogen-bond acceptors (Lipinski definition) is 3. The monoisotopic (exact) mass is 246 g/mol. The molecule has 1 aromatic carbocycles. The van der Waals surface area contributed by atoms with Crippen LogP contribution in [0.15, 0.2) is 18.2 Å². The molecule has 1 atom stereocenters. The van der Waals surface area contributed by atoms with Crippen LogP contribution in [-0.2, 0) is 6.42 Å². The highest BCUT2D eigenvalue weighted by Gasteiger charge is 2.15. The van der Waals surface area contributed by atoms with Gasteiger partial charge in [-0.05, 0) is 44.4 Å². The molecular weight excluding hydrogens is 228 g/mol. The van der Waals surface area contributed by atoms with Gasteiger partial charge in [-0.2, -0.15) is 0 Å². The van der Waals surface area contributed by atoms with Gasteiger partial charge in [-0.3, -0.25) is 0 Å². The van der Waals surface area contributed by atoms with Crippen LogP contribution in [0, 0.1) is 6.92 Å². The molecule has 1 unspecified atom stereocenters. The van der Waals surface area contributed by atoms with Crippen molar-refractivity contribution in [1.29, 1.82) is 0 Å². The summed E-state index contributed by atoms with van der Waals surface area (Å²) >= 11 is 1.80. The lowest BCUT2D eigenvalue weighted by Crippen LogP contribution is -2.35. The molecule has 3 rings (SSSR count). The van der Waals surface area contributed by atoms with Gasteiger partial charge in [-0.1, -0.05) is 18.6 Å². The molecule has 1 aliphatic heterocycles. The largest absolute Gasteiger partial charge is 0.314 e. The first-order chi connectivity index (χ1) is 8.33. The van der Waals surface area contributed by atoms with Crippen LogP contribution in [-0.4, -0.2) is 17.6 Å². The number of para-hydroxylation sites is 1. The van der Waals surface area contributed by atoms with Crippen LogP contribution in [0.4, 0.5) is 0 Å². The smallest absolute Gasteiger partial charge is 0.0907 e. The lowest BCUT2D eigenvalue weighted by molar-refractivity contribution is 0.400. The van der Waals surface area contributed by atoms with E-state index in [1.807, 2.05) is 0 Å². The predicted octanol–water partition coefficient (Wildman–Crippen LogP) is 3.29. The maximum absolute atomic E-state index is 4.67. The molecule has 2 nitrogen and oxygen atoms in total. The Morgan fingerprint density at radius 3 is 3.18 bits per heavy atom. The first kappa shape index (κ1) is 11.2. The number of fused-ring (bicyclic) bond motifs is 1. The van der Waals surface area contributed by atoms with Gasteiger partial charge in [-0.25, -0.2) is 4.98 Å². The minimum atomic E-state index is 0.649. The predicted molar refractivity (Wildman–Crippen MR) is 73.7 cm³/mol. The Labute approximate surface area is 106 Å². The molecule has 0 aliphatic carbocycles. The van der Waals surface area contributed by atoms with E-state index in [4.69, 9.17) is 0 Å². The normalized spacial score (nSPS) is 20.9. The number of rotatable bonds is 2. The standard InChI is InChI=1S/C14H18N2S/c1-10-16-14-11(5-4-7-13(14)17-10)9-12-6-2-3-8-15-12/h4-5,7,12,15H,2-3,6,8-9H2,1H3. The van der Waals surface area contributed by atoms with Gasteiger partial charge in [0.1, 0.15) is 0 Å². The lowest BCUT2D eigenvalue weighted by atomic mass is 9.97. The minimum Gasteiger partial charge on any atom is -0.314 e. The average molecular weight is 246 g/mol. The molecule has 2 aromatic rings. The quantitative estimate of drug-likeness (QED) is 0.879. The van der Waals surface area contributed by atoms with Gasteiger partial charge in [0, 0.05) is 6.04 Å². The van der Waals surface area contributed by atoms with E-state index in [0.29, 0.717) is 6.04 Å². The summed E-state index contributed by atoms with van der Waals surface area (Å²) in [4.78, 5) is 4.67. The van der Waals surface area contributed by atoms with Gasteiger partial charge in [0.05, 0.1) is 15.2 Å². The maximum Gasteiger partial charge on any atom is 0.0907 e. The maximum atomic E-state index is 4.67. The summed E-state index contributed by atoms with van der Waals surface area (Å²) in [6, 6.07) is 7.23. The fraction of sp³-hybridized carbons (Fsp3) is 0.500. The molecule has 90 valence electrons. The summed E-state index contributed by atoms with van der Waals surface area (Å²) in [5.41, 5.74) is 2.63. The van der Waals surface area contributed by atoms with Crippen LogP contribution < -0.4 is 5.32 Å². The molecule has 3 heteroatoms. The Balaban J connectivity index is 1.88. The van der Waals surface area contributed by atoms with Crippen molar-refractivity contribution in [2.45, 2.75) is 38.6 Å². The number of piperidine rings is 1. The van der Waals surface area contributed by atoms with Crippen molar-refractivity contribution in [3.8, 4) is 0 Å². The topological polar surface area (TPSA) is 24.9 Å². The van der Waals surface area contributed by atoms with Crippen LogP contribution in [0.5, 0.6) is 0 Å². The summed E-state index contributed by atoms with van der Waals surface area (Å²) in [7, 11) is 0. The fourth-order valence-corrected chi connectivity index (χ4v) is 3.52. The number of aromatic nitrogens is 1. The molecule has 17 heavy (non-hydrogen) atoms. The molecule has 1 fully saturated rings. The number of thiazole rings is 1. The number of nitrogens with one attached hydrogen (secondary N) is 1. The van der Waals surface area contributed by atoms with E-state index in [9.17, 15) is 0 Å². The van der Waals surface area contributed by atoms with E-state index in [1.54, 1.807) is 11.3 Å². The molecule has 2 heterocycles. The first-order valence-electron chi connectivity index (χ1n) is 6.41. The first-order valence-corrected chi connectivity index (χ1v) is 7.23. The van der Waals surface area contributed by atoms with Crippen molar-refractivity contribution >= 4 is 21.6 Å². The third kappa shape index (κ3) is 2.35. The summed E-state index contributed by atoms with van der Waals surface area (Å²) in [5.74, 6) is 0. The van der Waals surface area contributed by atoms with Crippen molar-refractivity contribution in [3.05, 3.63) is 28.8 Å². The Kier molecular flexibility index (Phi) is 3.12. The molecule has 1 N–H and O–H groups in total. The summed E-state index contributed by atoms with van der Waals surface area (Å²) in [5, 5.41) is 4.79. The fourth-order valence-electron chi connectivity index (χ4n) is 2.64. The van der Waals surface area contributed by atoms with E-state index in [1.165, 1.54) is 46.6 Å². The van der Waals surface area contributed by atoms with Crippen molar-refractivity contribution in [2.24, 2.45) is 0 Å². The van der Waals surface area contributed by atoms with Crippen LogP contribution in [0.25, 0.3) is 10.2 Å². The Bertz CT molecular complexity index is 512. The van der Waals surface area contributed by atoms with Crippen molar-refractivity contribution in [1.82, 2.24) is 10.3 Å². The average Bonchev–Trinajstić information content (AvgIpc) is 2.72. The van der Waals surface area contributed by atoms with Crippen molar-refractivity contribution < 1.29 is 0 Å². The molecule has 1 aromatic heterocycles. The van der Waals surface area contributed by atoms with Gasteiger partial charge < -0.3 is 5.32 Å². The zero-order chi connectivity index (χ0) is 11.7. The van der Waals surface area contributed by atoms with Crippen LogP contribution >= 0.6 is 11.3 Å². The van der Waals surface area contributed by atoms with Crippen LogP contribution in [0.3, 0.4) is 0 Å². The Hall–Kier alpha value is -0.930. The number of aryl methyl sites for hydroxylation is 1. The zero-order valence-electron chi connectivity index (χ0n) is 10.2. The highest BCUT2D eigenvalue weighted by atomic mass is 32.1. The highest BCUT2D eigenvalue weighted by molar-refractivity contribution is 7.18. The van der Waals surface area contributed by atoms with E-state index < -0.39 is 0 Å². The second-order valence-electron chi connectivity index (χ2n) is 4.85. The third-order valence-corrected chi connectivity index (χ3v) is 4.42. The third-order valence-electron chi connectivity index (χ3n) is 3.49. The van der Waals surface area contributed by atoms with E-state index in [0.717, 1.165) is 6.42 Å². The number of benzene rings is 1. The second kappa shape index (κ2) is 4.75. The SMILES string of the molecule is Cc1nc2c(CC3CCCCN3)cccc2s1. The molecule has 0 spiro atoms. The number of nitrogens with zero attached hydrogens (tertiary/aromatic N) is 1. The lowest BCUT2D eigenvalue weighted by Gasteiger charge is -2.23. The Morgan fingerprint density at radius 2 is 2.35 bits per heavy atom. The Morgan fingerprint density at radius 1 is 1.41 bits per heavy atom. The van der Waals surface area contributed by atoms with Crippen LogP contribution in [0.2, 0.25) is 0 Å². The molecule has 0 amide bonds. The molecule has 0 radical (unpaired) electrons. The van der Waals surface area contributed by atoms with Gasteiger partial charge in [0.15, 0.2) is 0 Å². The van der Waals surface area contributed by atoms with Crippen LogP contribution in [0.1, 0.15) is 29.8 Å². The van der Waals surface area contributed by atoms with Crippen molar-refractivity contribution in [2.75, 3.05) is 6.54 Å². The van der Waals surface area contributed by atoms with E-state index >= 15 is 0 Å².